The summed E-state index contributed by atoms with van der Waals surface area (Å²) in [6, 6.07) is 21.0. The highest BCUT2D eigenvalue weighted by Gasteiger charge is 2.37. The first-order valence-electron chi connectivity index (χ1n) is 13.8. The number of aryl methyl sites for hydroxylation is 2. The molecule has 3 heterocycles. The van der Waals surface area contributed by atoms with Gasteiger partial charge in [-0.05, 0) is 73.9 Å². The molecular weight excluding hydrogens is 587 g/mol. The molecule has 9 nitrogen and oxygen atoms in total. The molecule has 44 heavy (non-hydrogen) atoms. The Balaban J connectivity index is 1.30. The highest BCUT2D eigenvalue weighted by molar-refractivity contribution is 6.30. The van der Waals surface area contributed by atoms with Crippen LogP contribution in [0.5, 0.6) is 11.6 Å². The van der Waals surface area contributed by atoms with Crippen molar-refractivity contribution in [1.29, 1.82) is 0 Å². The Morgan fingerprint density at radius 1 is 0.977 bits per heavy atom. The second kappa shape index (κ2) is 11.9. The lowest BCUT2D eigenvalue weighted by Crippen LogP contribution is -2.43. The normalized spacial score (nSPS) is 13.3. The number of carbonyl (C=O) groups excluding carboxylic acids is 3. The molecule has 0 saturated heterocycles. The summed E-state index contributed by atoms with van der Waals surface area (Å²) in [5, 5.41) is 7.90. The topological polar surface area (TPSA) is 102 Å². The van der Waals surface area contributed by atoms with E-state index in [2.05, 4.69) is 10.4 Å². The zero-order chi connectivity index (χ0) is 31.0. The number of ether oxygens (including phenoxy) is 1. The number of halogens is 2. The molecule has 3 amide bonds. The van der Waals surface area contributed by atoms with E-state index < -0.39 is 29.6 Å². The number of nitrogens with zero attached hydrogens (tertiary/aromatic N) is 3. The van der Waals surface area contributed by atoms with Crippen LogP contribution in [0, 0.1) is 19.7 Å². The first kappa shape index (κ1) is 29.0. The Kier molecular flexibility index (Phi) is 7.86. The molecule has 5 aromatic rings. The van der Waals surface area contributed by atoms with Gasteiger partial charge in [-0.2, -0.15) is 0 Å². The quantitative estimate of drug-likeness (QED) is 0.202. The lowest BCUT2D eigenvalue weighted by atomic mass is 9.99. The zero-order valence-corrected chi connectivity index (χ0v) is 24.5. The second-order valence-corrected chi connectivity index (χ2v) is 10.9. The Morgan fingerprint density at radius 2 is 1.73 bits per heavy atom. The molecule has 0 aliphatic carbocycles. The van der Waals surface area contributed by atoms with E-state index in [4.69, 9.17) is 21.2 Å². The third kappa shape index (κ3) is 5.64. The minimum atomic E-state index is -0.794. The summed E-state index contributed by atoms with van der Waals surface area (Å²) in [7, 11) is 0. The molecule has 1 aliphatic heterocycles. The average Bonchev–Trinajstić information content (AvgIpc) is 3.56. The number of hydroxylamine groups is 2. The lowest BCUT2D eigenvalue weighted by molar-refractivity contribution is -0.0968. The van der Waals surface area contributed by atoms with Gasteiger partial charge in [0.25, 0.3) is 17.7 Å². The standard InChI is InChI=1S/C33H26ClFN4O5/c1-19-12-13-21(20(2)15-19)16-22(18-43-39-32(41)24-8-3-4-9-25(24)33(39)42)36-30(40)26-17-23-7-6-14-38(23)37-31(26)44-28-11-5-10-27(34)29(28)35/h3-15,17,22H,16,18H2,1-2H3,(H,36,40)/t22-/m1/s1. The molecular formula is C33H26ClFN4O5. The van der Waals surface area contributed by atoms with E-state index in [1.165, 1.54) is 22.7 Å². The van der Waals surface area contributed by atoms with Crippen LogP contribution in [0.1, 0.15) is 47.8 Å². The van der Waals surface area contributed by atoms with Gasteiger partial charge < -0.3 is 10.1 Å². The van der Waals surface area contributed by atoms with E-state index in [1.54, 1.807) is 48.7 Å². The minimum absolute atomic E-state index is 0.0296. The average molecular weight is 613 g/mol. The van der Waals surface area contributed by atoms with Crippen molar-refractivity contribution in [2.75, 3.05) is 6.61 Å². The van der Waals surface area contributed by atoms with Crippen LogP contribution in [0.2, 0.25) is 5.02 Å². The van der Waals surface area contributed by atoms with Gasteiger partial charge in [0.05, 0.1) is 34.3 Å². The fraction of sp³-hybridized carbons (Fsp3) is 0.152. The first-order chi connectivity index (χ1) is 21.2. The number of rotatable bonds is 9. The summed E-state index contributed by atoms with van der Waals surface area (Å²) < 4.78 is 22.0. The van der Waals surface area contributed by atoms with Crippen molar-refractivity contribution in [1.82, 2.24) is 20.0 Å². The Hall–Kier alpha value is -5.06. The monoisotopic (exact) mass is 612 g/mol. The molecule has 6 rings (SSSR count). The predicted octanol–water partition coefficient (Wildman–Crippen LogP) is 6.10. The second-order valence-electron chi connectivity index (χ2n) is 10.4. The molecule has 0 radical (unpaired) electrons. The maximum absolute atomic E-state index is 14.7. The molecule has 11 heteroatoms. The van der Waals surface area contributed by atoms with Crippen molar-refractivity contribution < 1.29 is 28.3 Å². The molecule has 0 saturated carbocycles. The van der Waals surface area contributed by atoms with Crippen LogP contribution in [0.3, 0.4) is 0 Å². The fourth-order valence-corrected chi connectivity index (χ4v) is 5.23. The van der Waals surface area contributed by atoms with E-state index >= 15 is 0 Å². The van der Waals surface area contributed by atoms with Gasteiger partial charge in [-0.3, -0.25) is 19.2 Å². The minimum Gasteiger partial charge on any atom is -0.434 e. The van der Waals surface area contributed by atoms with Crippen LogP contribution in [0.4, 0.5) is 4.39 Å². The summed E-state index contributed by atoms with van der Waals surface area (Å²) in [5.41, 5.74) is 4.13. The van der Waals surface area contributed by atoms with Gasteiger partial charge in [0.2, 0.25) is 5.88 Å². The SMILES string of the molecule is Cc1ccc(C[C@H](CON2C(=O)c3ccccc3C2=O)NC(=O)c2cc3cccn3nc2Oc2cccc(Cl)c2F)c(C)c1. The van der Waals surface area contributed by atoms with E-state index in [9.17, 15) is 18.8 Å². The van der Waals surface area contributed by atoms with Crippen LogP contribution in [0.15, 0.2) is 85.1 Å². The fourth-order valence-electron chi connectivity index (χ4n) is 5.06. The molecule has 0 spiro atoms. The van der Waals surface area contributed by atoms with Crippen LogP contribution in [0.25, 0.3) is 5.52 Å². The highest BCUT2D eigenvalue weighted by Crippen LogP contribution is 2.30. The smallest absolute Gasteiger partial charge is 0.285 e. The highest BCUT2D eigenvalue weighted by atomic mass is 35.5. The summed E-state index contributed by atoms with van der Waals surface area (Å²) >= 11 is 5.94. The lowest BCUT2D eigenvalue weighted by Gasteiger charge is -2.23. The number of nitrogens with one attached hydrogen (secondary N) is 1. The van der Waals surface area contributed by atoms with Crippen molar-refractivity contribution in [3.05, 3.63) is 129 Å². The third-order valence-electron chi connectivity index (χ3n) is 7.31. The number of imide groups is 1. The maximum Gasteiger partial charge on any atom is 0.285 e. The molecule has 2 aromatic heterocycles. The van der Waals surface area contributed by atoms with Crippen molar-refractivity contribution in [3.8, 4) is 11.6 Å². The zero-order valence-electron chi connectivity index (χ0n) is 23.7. The molecule has 3 aromatic carbocycles. The van der Waals surface area contributed by atoms with Crippen molar-refractivity contribution >= 4 is 34.8 Å². The predicted molar refractivity (Wildman–Crippen MR) is 160 cm³/mol. The van der Waals surface area contributed by atoms with Gasteiger partial charge in [0.1, 0.15) is 5.56 Å². The van der Waals surface area contributed by atoms with E-state index in [0.29, 0.717) is 11.9 Å². The van der Waals surface area contributed by atoms with Gasteiger partial charge in [0, 0.05) is 6.20 Å². The summed E-state index contributed by atoms with van der Waals surface area (Å²) in [6.45, 7) is 3.74. The molecule has 1 N–H and O–H groups in total. The molecule has 1 aliphatic rings. The van der Waals surface area contributed by atoms with E-state index in [-0.39, 0.29) is 39.9 Å². The molecule has 222 valence electrons. The molecule has 1 atom stereocenters. The largest absolute Gasteiger partial charge is 0.434 e. The van der Waals surface area contributed by atoms with Crippen molar-refractivity contribution in [3.63, 3.8) is 0 Å². The van der Waals surface area contributed by atoms with Gasteiger partial charge in [-0.25, -0.2) is 8.91 Å². The molecule has 0 fully saturated rings. The number of aromatic nitrogens is 2. The summed E-state index contributed by atoms with van der Waals surface area (Å²) in [5.74, 6) is -2.89. The van der Waals surface area contributed by atoms with Gasteiger partial charge in [0.15, 0.2) is 11.6 Å². The number of carbonyl (C=O) groups is 3. The summed E-state index contributed by atoms with van der Waals surface area (Å²) in [6.07, 6.45) is 1.98. The number of hydrogen-bond acceptors (Lipinski definition) is 6. The van der Waals surface area contributed by atoms with Gasteiger partial charge >= 0.3 is 0 Å². The molecule has 0 bridgehead atoms. The maximum atomic E-state index is 14.7. The Morgan fingerprint density at radius 3 is 2.45 bits per heavy atom. The number of fused-ring (bicyclic) bond motifs is 2. The van der Waals surface area contributed by atoms with Crippen molar-refractivity contribution in [2.45, 2.75) is 26.3 Å². The van der Waals surface area contributed by atoms with Gasteiger partial charge in [-0.1, -0.05) is 53.6 Å². The van der Waals surface area contributed by atoms with Crippen molar-refractivity contribution in [2.24, 2.45) is 0 Å². The van der Waals surface area contributed by atoms with Crippen LogP contribution < -0.4 is 10.1 Å². The summed E-state index contributed by atoms with van der Waals surface area (Å²) in [4.78, 5) is 45.4. The number of amides is 3. The Labute approximate surface area is 256 Å². The van der Waals surface area contributed by atoms with E-state index in [1.807, 2.05) is 32.0 Å². The van der Waals surface area contributed by atoms with E-state index in [0.717, 1.165) is 21.8 Å². The van der Waals surface area contributed by atoms with Crippen LogP contribution >= 0.6 is 11.6 Å². The molecule has 0 unspecified atom stereocenters. The first-order valence-corrected chi connectivity index (χ1v) is 14.2. The van der Waals surface area contributed by atoms with Crippen LogP contribution in [-0.2, 0) is 11.3 Å². The van der Waals surface area contributed by atoms with Gasteiger partial charge in [-0.15, -0.1) is 10.2 Å². The number of benzene rings is 3. The third-order valence-corrected chi connectivity index (χ3v) is 7.60. The number of hydrogen-bond donors (Lipinski definition) is 1. The van der Waals surface area contributed by atoms with Crippen LogP contribution in [-0.4, -0.2) is 45.0 Å². The Bertz CT molecular complexity index is 1910.